The fourth-order valence-electron chi connectivity index (χ4n) is 3.47. The molecule has 0 spiro atoms. The van der Waals surface area contributed by atoms with Gasteiger partial charge in [0.15, 0.2) is 10.8 Å². The molecule has 136 valence electrons. The van der Waals surface area contributed by atoms with Gasteiger partial charge in [0.05, 0.1) is 12.2 Å². The normalized spacial score (nSPS) is 22.7. The molecule has 1 N–H and O–H groups in total. The van der Waals surface area contributed by atoms with Gasteiger partial charge in [-0.25, -0.2) is 4.98 Å². The predicted octanol–water partition coefficient (Wildman–Crippen LogP) is 3.01. The van der Waals surface area contributed by atoms with Crippen molar-refractivity contribution in [1.29, 1.82) is 0 Å². The number of thiazole rings is 1. The van der Waals surface area contributed by atoms with Crippen molar-refractivity contribution in [2.24, 2.45) is 4.99 Å². The van der Waals surface area contributed by atoms with Crippen LogP contribution in [-0.4, -0.2) is 49.9 Å². The summed E-state index contributed by atoms with van der Waals surface area (Å²) in [5, 5.41) is 8.58. The van der Waals surface area contributed by atoms with Gasteiger partial charge in [-0.15, -0.1) is 11.3 Å². The van der Waals surface area contributed by atoms with E-state index in [1.807, 2.05) is 28.2 Å². The van der Waals surface area contributed by atoms with Gasteiger partial charge in [0.2, 0.25) is 0 Å². The summed E-state index contributed by atoms with van der Waals surface area (Å²) in [6.07, 6.45) is 7.64. The van der Waals surface area contributed by atoms with Gasteiger partial charge in [-0.3, -0.25) is 14.4 Å². The van der Waals surface area contributed by atoms with E-state index in [0.29, 0.717) is 12.6 Å². The van der Waals surface area contributed by atoms with Crippen molar-refractivity contribution in [3.8, 4) is 0 Å². The molecule has 1 atom stereocenters. The molecule has 4 heterocycles. The maximum absolute atomic E-state index is 4.90. The van der Waals surface area contributed by atoms with E-state index in [2.05, 4.69) is 33.8 Å². The third kappa shape index (κ3) is 3.10. The monoisotopic (exact) mass is 386 g/mol. The molecule has 1 unspecified atom stereocenters. The van der Waals surface area contributed by atoms with Crippen LogP contribution in [0.4, 0.5) is 0 Å². The molecule has 3 aliphatic rings. The number of aromatic nitrogens is 3. The first-order chi connectivity index (χ1) is 12.8. The second-order valence-electron chi connectivity index (χ2n) is 6.91. The van der Waals surface area contributed by atoms with Gasteiger partial charge in [-0.05, 0) is 25.8 Å². The first kappa shape index (κ1) is 16.5. The zero-order valence-corrected chi connectivity index (χ0v) is 16.4. The molecule has 0 aromatic carbocycles. The molecule has 0 radical (unpaired) electrons. The van der Waals surface area contributed by atoms with E-state index in [1.54, 1.807) is 11.3 Å². The molecule has 2 fully saturated rings. The average molecular weight is 387 g/mol. The number of hydrogen-bond acceptors (Lipinski definition) is 7. The number of rotatable bonds is 6. The largest absolute Gasteiger partial charge is 0.326 e. The van der Waals surface area contributed by atoms with Crippen molar-refractivity contribution < 1.29 is 0 Å². The van der Waals surface area contributed by atoms with Gasteiger partial charge in [-0.1, -0.05) is 11.9 Å². The van der Waals surface area contributed by atoms with E-state index in [4.69, 9.17) is 10.1 Å². The molecule has 1 saturated heterocycles. The minimum absolute atomic E-state index is 0.446. The first-order valence-corrected chi connectivity index (χ1v) is 11.0. The molecular formula is C18H22N6S2. The van der Waals surface area contributed by atoms with Gasteiger partial charge < -0.3 is 4.90 Å². The third-order valence-corrected chi connectivity index (χ3v) is 7.03. The minimum atomic E-state index is 0.446. The molecule has 26 heavy (non-hydrogen) atoms. The maximum Gasteiger partial charge on any atom is 0.165 e. The van der Waals surface area contributed by atoms with Crippen LogP contribution in [0.15, 0.2) is 34.5 Å². The topological polar surface area (TPSA) is 58.3 Å². The van der Waals surface area contributed by atoms with Crippen LogP contribution in [0, 0.1) is 0 Å². The summed E-state index contributed by atoms with van der Waals surface area (Å²) in [5.74, 6) is 1.02. The average Bonchev–Trinajstić information content (AvgIpc) is 3.11. The van der Waals surface area contributed by atoms with Crippen LogP contribution in [0.1, 0.15) is 36.9 Å². The van der Waals surface area contributed by atoms with E-state index in [1.165, 1.54) is 24.1 Å². The van der Waals surface area contributed by atoms with E-state index in [-0.39, 0.29) is 0 Å². The lowest BCUT2D eigenvalue weighted by Crippen LogP contribution is -2.35. The van der Waals surface area contributed by atoms with Gasteiger partial charge in [0.25, 0.3) is 0 Å². The highest BCUT2D eigenvalue weighted by Crippen LogP contribution is 2.37. The molecule has 2 aliphatic heterocycles. The molecule has 8 heteroatoms. The lowest BCUT2D eigenvalue weighted by Gasteiger charge is -2.27. The summed E-state index contributed by atoms with van der Waals surface area (Å²) >= 11 is 3.58. The summed E-state index contributed by atoms with van der Waals surface area (Å²) in [6, 6.07) is 2.57. The molecule has 5 rings (SSSR count). The molecule has 1 saturated carbocycles. The second kappa shape index (κ2) is 6.83. The smallest absolute Gasteiger partial charge is 0.165 e. The summed E-state index contributed by atoms with van der Waals surface area (Å²) in [5.41, 5.74) is 3.68. The molecule has 2 aromatic rings. The number of hydrogen-bond donors (Lipinski definition) is 1. The highest BCUT2D eigenvalue weighted by molar-refractivity contribution is 7.98. The molecule has 0 amide bonds. The Labute approximate surface area is 161 Å². The number of fused-ring (bicyclic) bond motifs is 1. The van der Waals surface area contributed by atoms with Crippen LogP contribution >= 0.6 is 23.3 Å². The van der Waals surface area contributed by atoms with Crippen LogP contribution in [0.2, 0.25) is 0 Å². The Bertz CT molecular complexity index is 849. The van der Waals surface area contributed by atoms with Crippen LogP contribution in [0.5, 0.6) is 0 Å². The number of aliphatic imine (C=N–C) groups is 1. The molecule has 2 aromatic heterocycles. The highest BCUT2D eigenvalue weighted by atomic mass is 32.2. The van der Waals surface area contributed by atoms with Crippen molar-refractivity contribution in [2.75, 3.05) is 13.1 Å². The Balaban J connectivity index is 1.46. The fraction of sp³-hybridized carbons (Fsp3) is 0.500. The standard InChI is InChI=1S/C18H22N6S2/c1-2-23-7-5-15(21-23)14-10-20-17(18-19-6-8-25-18)24-11-12(9-16(14)24)22-26-13-3-4-13/h5-8,12-13,22H,2-4,9-11H2,1H3. The van der Waals surface area contributed by atoms with Gasteiger partial charge in [-0.2, -0.15) is 5.10 Å². The zero-order valence-electron chi connectivity index (χ0n) is 14.8. The van der Waals surface area contributed by atoms with Gasteiger partial charge in [0.1, 0.15) is 0 Å². The van der Waals surface area contributed by atoms with Crippen molar-refractivity contribution >= 4 is 34.7 Å². The Morgan fingerprint density at radius 3 is 3.04 bits per heavy atom. The van der Waals surface area contributed by atoms with Crippen LogP contribution < -0.4 is 4.72 Å². The van der Waals surface area contributed by atoms with E-state index < -0.39 is 0 Å². The van der Waals surface area contributed by atoms with E-state index in [9.17, 15) is 0 Å². The second-order valence-corrected chi connectivity index (χ2v) is 8.94. The third-order valence-electron chi connectivity index (χ3n) is 4.98. The predicted molar refractivity (Wildman–Crippen MR) is 107 cm³/mol. The van der Waals surface area contributed by atoms with Crippen LogP contribution in [0.25, 0.3) is 5.57 Å². The molecular weight excluding hydrogens is 364 g/mol. The Kier molecular flexibility index (Phi) is 4.34. The lowest BCUT2D eigenvalue weighted by atomic mass is 10.1. The summed E-state index contributed by atoms with van der Waals surface area (Å²) in [6.45, 7) is 4.64. The number of nitrogens with zero attached hydrogens (tertiary/aromatic N) is 5. The number of nitrogens with one attached hydrogen (secondary N) is 1. The van der Waals surface area contributed by atoms with Crippen molar-refractivity contribution in [1.82, 2.24) is 24.4 Å². The van der Waals surface area contributed by atoms with Crippen molar-refractivity contribution in [2.45, 2.75) is 44.0 Å². The highest BCUT2D eigenvalue weighted by Gasteiger charge is 2.37. The summed E-state index contributed by atoms with van der Waals surface area (Å²) in [7, 11) is 0. The Hall–Kier alpha value is -1.64. The number of aryl methyl sites for hydroxylation is 1. The SMILES string of the molecule is CCn1ccc(C2=C3CC(NSC4CC4)CN3C(c3nccs3)=NC2)n1. The quantitative estimate of drug-likeness (QED) is 0.774. The summed E-state index contributed by atoms with van der Waals surface area (Å²) in [4.78, 5) is 11.8. The van der Waals surface area contributed by atoms with E-state index in [0.717, 1.165) is 41.3 Å². The lowest BCUT2D eigenvalue weighted by molar-refractivity contribution is 0.544. The zero-order chi connectivity index (χ0) is 17.5. The fourth-order valence-corrected chi connectivity index (χ4v) is 5.04. The molecule has 1 aliphatic carbocycles. The minimum Gasteiger partial charge on any atom is -0.326 e. The van der Waals surface area contributed by atoms with Gasteiger partial charge in [0, 0.05) is 59.8 Å². The van der Waals surface area contributed by atoms with Crippen LogP contribution in [-0.2, 0) is 6.54 Å². The van der Waals surface area contributed by atoms with Gasteiger partial charge >= 0.3 is 0 Å². The maximum atomic E-state index is 4.90. The first-order valence-electron chi connectivity index (χ1n) is 9.20. The molecule has 6 nitrogen and oxygen atoms in total. The van der Waals surface area contributed by atoms with E-state index >= 15 is 0 Å². The number of amidine groups is 1. The van der Waals surface area contributed by atoms with Crippen molar-refractivity contribution in [3.05, 3.63) is 40.2 Å². The molecule has 0 bridgehead atoms. The van der Waals surface area contributed by atoms with Crippen molar-refractivity contribution in [3.63, 3.8) is 0 Å². The Morgan fingerprint density at radius 1 is 1.38 bits per heavy atom. The van der Waals surface area contributed by atoms with Crippen LogP contribution in [0.3, 0.4) is 0 Å². The summed E-state index contributed by atoms with van der Waals surface area (Å²) < 4.78 is 5.68. The Morgan fingerprint density at radius 2 is 2.31 bits per heavy atom.